The second kappa shape index (κ2) is 7.08. The molecule has 0 spiro atoms. The summed E-state index contributed by atoms with van der Waals surface area (Å²) in [5.74, 6) is 0.430. The van der Waals surface area contributed by atoms with Crippen LogP contribution in [0.15, 0.2) is 24.5 Å². The molecule has 5 nitrogen and oxygen atoms in total. The summed E-state index contributed by atoms with van der Waals surface area (Å²) in [6.45, 7) is 0.824. The average Bonchev–Trinajstić information content (AvgIpc) is 2.95. The monoisotopic (exact) mass is 291 g/mol. The third-order valence-corrected chi connectivity index (χ3v) is 2.50. The van der Waals surface area contributed by atoms with Gasteiger partial charge >= 0.3 is 6.55 Å². The number of anilines is 1. The van der Waals surface area contributed by atoms with Crippen LogP contribution in [-0.4, -0.2) is 19.6 Å². The standard InChI is InChI=1S/C11H15F2N5.ClH/c1-2-6-17-9(3-5-15-17)8-14-10-4-7-18(16-10)11(12)13;/h3-5,7,11H,2,6,8H2,1H3,(H,14,16);1H. The second-order valence-electron chi connectivity index (χ2n) is 3.86. The normalized spacial score (nSPS) is 10.5. The van der Waals surface area contributed by atoms with E-state index in [4.69, 9.17) is 0 Å². The maximum atomic E-state index is 12.3. The van der Waals surface area contributed by atoms with Gasteiger partial charge in [0.2, 0.25) is 0 Å². The maximum Gasteiger partial charge on any atom is 0.333 e. The van der Waals surface area contributed by atoms with E-state index in [1.165, 1.54) is 12.3 Å². The van der Waals surface area contributed by atoms with Crippen molar-refractivity contribution in [3.05, 3.63) is 30.2 Å². The summed E-state index contributed by atoms with van der Waals surface area (Å²) in [6.07, 6.45) is 3.97. The van der Waals surface area contributed by atoms with E-state index in [2.05, 4.69) is 22.4 Å². The Bertz CT molecular complexity index is 497. The minimum Gasteiger partial charge on any atom is -0.363 e. The molecule has 2 heterocycles. The minimum atomic E-state index is -2.61. The molecular formula is C11H16ClF2N5. The van der Waals surface area contributed by atoms with Crippen molar-refractivity contribution < 1.29 is 8.78 Å². The quantitative estimate of drug-likeness (QED) is 0.890. The fraction of sp³-hybridized carbons (Fsp3) is 0.455. The highest BCUT2D eigenvalue weighted by molar-refractivity contribution is 5.85. The van der Waals surface area contributed by atoms with Crippen molar-refractivity contribution in [2.75, 3.05) is 5.32 Å². The summed E-state index contributed by atoms with van der Waals surface area (Å²) >= 11 is 0. The number of aryl methyl sites for hydroxylation is 1. The summed E-state index contributed by atoms with van der Waals surface area (Å²) in [6, 6.07) is 3.42. The number of hydrogen-bond donors (Lipinski definition) is 1. The van der Waals surface area contributed by atoms with E-state index in [1.54, 1.807) is 6.20 Å². The number of nitrogens with zero attached hydrogens (tertiary/aromatic N) is 4. The van der Waals surface area contributed by atoms with Gasteiger partial charge in [-0.25, -0.2) is 4.68 Å². The molecule has 2 aromatic heterocycles. The Morgan fingerprint density at radius 3 is 2.79 bits per heavy atom. The summed E-state index contributed by atoms with van der Waals surface area (Å²) in [5.41, 5.74) is 1.00. The Kier molecular flexibility index (Phi) is 5.75. The van der Waals surface area contributed by atoms with Gasteiger partial charge in [-0.2, -0.15) is 19.0 Å². The Labute approximate surface area is 116 Å². The van der Waals surface area contributed by atoms with E-state index in [9.17, 15) is 8.78 Å². The van der Waals surface area contributed by atoms with Crippen molar-refractivity contribution in [3.8, 4) is 0 Å². The predicted molar refractivity (Wildman–Crippen MR) is 70.6 cm³/mol. The topological polar surface area (TPSA) is 47.7 Å². The third kappa shape index (κ3) is 3.92. The van der Waals surface area contributed by atoms with Crippen LogP contribution in [0.3, 0.4) is 0 Å². The molecule has 0 saturated heterocycles. The van der Waals surface area contributed by atoms with Crippen LogP contribution < -0.4 is 5.32 Å². The molecule has 2 rings (SSSR count). The van der Waals surface area contributed by atoms with Gasteiger partial charge in [0.25, 0.3) is 0 Å². The molecule has 0 bridgehead atoms. The highest BCUT2D eigenvalue weighted by Crippen LogP contribution is 2.12. The summed E-state index contributed by atoms with van der Waals surface area (Å²) in [4.78, 5) is 0. The van der Waals surface area contributed by atoms with Gasteiger partial charge in [-0.05, 0) is 12.5 Å². The fourth-order valence-corrected chi connectivity index (χ4v) is 1.65. The molecule has 0 aliphatic heterocycles. The number of nitrogens with one attached hydrogen (secondary N) is 1. The van der Waals surface area contributed by atoms with Crippen molar-refractivity contribution in [2.24, 2.45) is 0 Å². The molecule has 0 fully saturated rings. The van der Waals surface area contributed by atoms with Crippen molar-refractivity contribution in [1.29, 1.82) is 0 Å². The molecule has 0 radical (unpaired) electrons. The van der Waals surface area contributed by atoms with Crippen LogP contribution >= 0.6 is 12.4 Å². The molecule has 0 aliphatic carbocycles. The maximum absolute atomic E-state index is 12.3. The SMILES string of the molecule is CCCn1nccc1CNc1ccn(C(F)F)n1.Cl. The van der Waals surface area contributed by atoms with E-state index >= 15 is 0 Å². The molecule has 8 heteroatoms. The molecule has 0 aliphatic rings. The molecule has 1 N–H and O–H groups in total. The first-order chi connectivity index (χ1) is 8.70. The molecule has 0 unspecified atom stereocenters. The molecule has 19 heavy (non-hydrogen) atoms. The fourth-order valence-electron chi connectivity index (χ4n) is 1.65. The number of hydrogen-bond acceptors (Lipinski definition) is 3. The van der Waals surface area contributed by atoms with Crippen molar-refractivity contribution in [2.45, 2.75) is 33.0 Å². The largest absolute Gasteiger partial charge is 0.363 e. The highest BCUT2D eigenvalue weighted by atomic mass is 35.5. The summed E-state index contributed by atoms with van der Waals surface area (Å²) in [7, 11) is 0. The second-order valence-corrected chi connectivity index (χ2v) is 3.86. The number of halogens is 3. The summed E-state index contributed by atoms with van der Waals surface area (Å²) < 4.78 is 27.1. The highest BCUT2D eigenvalue weighted by Gasteiger charge is 2.07. The Morgan fingerprint density at radius 1 is 1.37 bits per heavy atom. The van der Waals surface area contributed by atoms with Gasteiger partial charge in [-0.3, -0.25) is 4.68 Å². The molecular weight excluding hydrogens is 276 g/mol. The van der Waals surface area contributed by atoms with Crippen LogP contribution in [0.5, 0.6) is 0 Å². The van der Waals surface area contributed by atoms with Crippen LogP contribution in [0.1, 0.15) is 25.6 Å². The van der Waals surface area contributed by atoms with Gasteiger partial charge in [-0.15, -0.1) is 12.4 Å². The zero-order valence-electron chi connectivity index (χ0n) is 10.5. The zero-order chi connectivity index (χ0) is 13.0. The lowest BCUT2D eigenvalue weighted by atomic mass is 10.4. The zero-order valence-corrected chi connectivity index (χ0v) is 11.3. The smallest absolute Gasteiger partial charge is 0.333 e. The average molecular weight is 292 g/mol. The van der Waals surface area contributed by atoms with Gasteiger partial charge in [0.15, 0.2) is 0 Å². The van der Waals surface area contributed by atoms with Gasteiger partial charge in [-0.1, -0.05) is 6.92 Å². The van der Waals surface area contributed by atoms with E-state index in [-0.39, 0.29) is 12.4 Å². The first-order valence-electron chi connectivity index (χ1n) is 5.78. The number of alkyl halides is 2. The third-order valence-electron chi connectivity index (χ3n) is 2.50. The van der Waals surface area contributed by atoms with Crippen molar-refractivity contribution >= 4 is 18.2 Å². The van der Waals surface area contributed by atoms with E-state index < -0.39 is 6.55 Å². The lowest BCUT2D eigenvalue weighted by Crippen LogP contribution is -2.09. The Balaban J connectivity index is 0.00000180. The van der Waals surface area contributed by atoms with Gasteiger partial charge in [0.05, 0.1) is 12.2 Å². The molecule has 0 saturated carbocycles. The molecule has 0 amide bonds. The predicted octanol–water partition coefficient (Wildman–Crippen LogP) is 2.92. The molecule has 0 aromatic carbocycles. The van der Waals surface area contributed by atoms with Crippen LogP contribution in [-0.2, 0) is 13.1 Å². The number of aromatic nitrogens is 4. The summed E-state index contributed by atoms with van der Waals surface area (Å²) in [5, 5.41) is 10.9. The van der Waals surface area contributed by atoms with Crippen LogP contribution in [0.25, 0.3) is 0 Å². The lowest BCUT2D eigenvalue weighted by molar-refractivity contribution is 0.0569. The Hall–Kier alpha value is -1.63. The van der Waals surface area contributed by atoms with Crippen LogP contribution in [0.4, 0.5) is 14.6 Å². The van der Waals surface area contributed by atoms with Crippen LogP contribution in [0, 0.1) is 0 Å². The van der Waals surface area contributed by atoms with E-state index in [1.807, 2.05) is 10.7 Å². The minimum absolute atomic E-state index is 0. The Morgan fingerprint density at radius 2 is 2.16 bits per heavy atom. The first kappa shape index (κ1) is 15.4. The van der Waals surface area contributed by atoms with E-state index in [0.717, 1.165) is 18.7 Å². The molecule has 2 aromatic rings. The first-order valence-corrected chi connectivity index (χ1v) is 5.78. The lowest BCUT2D eigenvalue weighted by Gasteiger charge is -2.06. The van der Waals surface area contributed by atoms with Crippen LogP contribution in [0.2, 0.25) is 0 Å². The molecule has 106 valence electrons. The van der Waals surface area contributed by atoms with Crippen molar-refractivity contribution in [1.82, 2.24) is 19.6 Å². The van der Waals surface area contributed by atoms with Gasteiger partial charge < -0.3 is 5.32 Å². The number of rotatable bonds is 6. The van der Waals surface area contributed by atoms with Crippen molar-refractivity contribution in [3.63, 3.8) is 0 Å². The van der Waals surface area contributed by atoms with Gasteiger partial charge in [0, 0.05) is 25.0 Å². The van der Waals surface area contributed by atoms with Gasteiger partial charge in [0.1, 0.15) is 5.82 Å². The van der Waals surface area contributed by atoms with E-state index in [0.29, 0.717) is 17.0 Å². The molecule has 0 atom stereocenters.